The topological polar surface area (TPSA) is 89.6 Å². The number of nitriles is 1. The number of nitrogens with zero attached hydrogens (tertiary/aromatic N) is 3. The van der Waals surface area contributed by atoms with Crippen molar-refractivity contribution in [1.29, 1.82) is 5.26 Å². The lowest BCUT2D eigenvalue weighted by atomic mass is 10.1. The van der Waals surface area contributed by atoms with Gasteiger partial charge in [-0.15, -0.1) is 0 Å². The number of hydrogen-bond donors (Lipinski definition) is 1. The van der Waals surface area contributed by atoms with Crippen molar-refractivity contribution in [2.75, 3.05) is 39.3 Å². The minimum atomic E-state index is -0.186. The van der Waals surface area contributed by atoms with Crippen molar-refractivity contribution in [3.8, 4) is 6.07 Å². The molecule has 0 spiro atoms. The molecule has 2 aromatic rings. The third-order valence-corrected chi connectivity index (χ3v) is 4.36. The highest BCUT2D eigenvalue weighted by molar-refractivity contribution is 5.94. The van der Waals surface area contributed by atoms with Gasteiger partial charge in [-0.2, -0.15) is 5.26 Å². The van der Waals surface area contributed by atoms with Crippen molar-refractivity contribution in [3.63, 3.8) is 0 Å². The molecule has 26 heavy (non-hydrogen) atoms. The molecule has 0 unspecified atom stereocenters. The quantitative estimate of drug-likeness (QED) is 0.877. The Balaban J connectivity index is 1.40. The SMILES string of the molecule is N#Cc1cccc(C(=O)NCCN2CCN(C(=O)c3ccco3)CC2)c1. The van der Waals surface area contributed by atoms with Crippen LogP contribution in [0.2, 0.25) is 0 Å². The van der Waals surface area contributed by atoms with Gasteiger partial charge in [0.15, 0.2) is 5.76 Å². The number of nitrogens with one attached hydrogen (secondary N) is 1. The smallest absolute Gasteiger partial charge is 0.289 e. The van der Waals surface area contributed by atoms with Crippen LogP contribution >= 0.6 is 0 Å². The van der Waals surface area contributed by atoms with E-state index < -0.39 is 0 Å². The van der Waals surface area contributed by atoms with E-state index in [4.69, 9.17) is 9.68 Å². The van der Waals surface area contributed by atoms with Crippen molar-refractivity contribution >= 4 is 11.8 Å². The zero-order chi connectivity index (χ0) is 18.4. The molecule has 2 heterocycles. The molecule has 1 N–H and O–H groups in total. The van der Waals surface area contributed by atoms with Crippen molar-refractivity contribution in [2.24, 2.45) is 0 Å². The first-order chi connectivity index (χ1) is 12.7. The van der Waals surface area contributed by atoms with Crippen LogP contribution in [0.25, 0.3) is 0 Å². The van der Waals surface area contributed by atoms with Crippen LogP contribution in [0, 0.1) is 11.3 Å². The van der Waals surface area contributed by atoms with Gasteiger partial charge in [0.05, 0.1) is 17.9 Å². The van der Waals surface area contributed by atoms with Gasteiger partial charge in [-0.1, -0.05) is 6.07 Å². The van der Waals surface area contributed by atoms with Gasteiger partial charge in [0.2, 0.25) is 0 Å². The Bertz CT molecular complexity index is 802. The molecule has 1 aliphatic heterocycles. The lowest BCUT2D eigenvalue weighted by molar-refractivity contribution is 0.0607. The van der Waals surface area contributed by atoms with Gasteiger partial charge in [-0.05, 0) is 30.3 Å². The van der Waals surface area contributed by atoms with Crippen LogP contribution in [-0.4, -0.2) is 60.9 Å². The molecule has 2 amide bonds. The molecule has 1 fully saturated rings. The van der Waals surface area contributed by atoms with Gasteiger partial charge in [-0.25, -0.2) is 0 Å². The molecule has 7 heteroatoms. The number of rotatable bonds is 5. The maximum atomic E-state index is 12.2. The Morgan fingerprint density at radius 3 is 2.65 bits per heavy atom. The van der Waals surface area contributed by atoms with Gasteiger partial charge in [0, 0.05) is 44.8 Å². The van der Waals surface area contributed by atoms with Gasteiger partial charge < -0.3 is 14.6 Å². The Hall–Kier alpha value is -3.11. The van der Waals surface area contributed by atoms with E-state index in [9.17, 15) is 9.59 Å². The fourth-order valence-electron chi connectivity index (χ4n) is 2.89. The van der Waals surface area contributed by atoms with Crippen molar-refractivity contribution in [3.05, 3.63) is 59.5 Å². The summed E-state index contributed by atoms with van der Waals surface area (Å²) >= 11 is 0. The van der Waals surface area contributed by atoms with Crippen molar-refractivity contribution < 1.29 is 14.0 Å². The summed E-state index contributed by atoms with van der Waals surface area (Å²) in [6.45, 7) is 4.02. The third-order valence-electron chi connectivity index (χ3n) is 4.36. The monoisotopic (exact) mass is 352 g/mol. The van der Waals surface area contributed by atoms with Crippen LogP contribution < -0.4 is 5.32 Å². The van der Waals surface area contributed by atoms with Crippen LogP contribution in [0.5, 0.6) is 0 Å². The summed E-state index contributed by atoms with van der Waals surface area (Å²) in [5, 5.41) is 11.8. The second-order valence-electron chi connectivity index (χ2n) is 6.06. The highest BCUT2D eigenvalue weighted by atomic mass is 16.3. The van der Waals surface area contributed by atoms with Crippen LogP contribution in [-0.2, 0) is 0 Å². The number of hydrogen-bond acceptors (Lipinski definition) is 5. The predicted molar refractivity (Wildman–Crippen MR) is 94.5 cm³/mol. The van der Waals surface area contributed by atoms with Gasteiger partial charge in [0.1, 0.15) is 0 Å². The number of piperazine rings is 1. The van der Waals surface area contributed by atoms with Crippen LogP contribution in [0.3, 0.4) is 0 Å². The van der Waals surface area contributed by atoms with Crippen molar-refractivity contribution in [1.82, 2.24) is 15.1 Å². The Labute approximate surface area is 151 Å². The highest BCUT2D eigenvalue weighted by Gasteiger charge is 2.23. The molecule has 0 radical (unpaired) electrons. The van der Waals surface area contributed by atoms with Crippen molar-refractivity contribution in [2.45, 2.75) is 0 Å². The van der Waals surface area contributed by atoms with E-state index in [-0.39, 0.29) is 11.8 Å². The van der Waals surface area contributed by atoms with E-state index in [1.807, 2.05) is 6.07 Å². The zero-order valence-electron chi connectivity index (χ0n) is 14.4. The predicted octanol–water partition coefficient (Wildman–Crippen LogP) is 1.34. The Morgan fingerprint density at radius 1 is 1.15 bits per heavy atom. The van der Waals surface area contributed by atoms with Crippen LogP contribution in [0.4, 0.5) is 0 Å². The highest BCUT2D eigenvalue weighted by Crippen LogP contribution is 2.09. The minimum absolute atomic E-state index is 0.0830. The first kappa shape index (κ1) is 17.7. The van der Waals surface area contributed by atoms with E-state index in [2.05, 4.69) is 10.2 Å². The number of amides is 2. The maximum Gasteiger partial charge on any atom is 0.289 e. The van der Waals surface area contributed by atoms with E-state index in [0.29, 0.717) is 43.1 Å². The third kappa shape index (κ3) is 4.29. The first-order valence-electron chi connectivity index (χ1n) is 8.51. The zero-order valence-corrected chi connectivity index (χ0v) is 14.4. The standard InChI is InChI=1S/C19H20N4O3/c20-14-15-3-1-4-16(13-15)18(24)21-6-7-22-8-10-23(11-9-22)19(25)17-5-2-12-26-17/h1-5,12-13H,6-11H2,(H,21,24). The molecule has 0 atom stereocenters. The summed E-state index contributed by atoms with van der Waals surface area (Å²) in [4.78, 5) is 28.3. The number of benzene rings is 1. The molecular formula is C19H20N4O3. The average Bonchev–Trinajstić information content (AvgIpc) is 3.23. The molecule has 1 saturated heterocycles. The minimum Gasteiger partial charge on any atom is -0.459 e. The molecular weight excluding hydrogens is 332 g/mol. The summed E-state index contributed by atoms with van der Waals surface area (Å²) in [5.41, 5.74) is 0.952. The number of carbonyl (C=O) groups is 2. The normalized spacial score (nSPS) is 14.7. The van der Waals surface area contributed by atoms with Gasteiger partial charge in [-0.3, -0.25) is 14.5 Å². The summed E-state index contributed by atoms with van der Waals surface area (Å²) in [6, 6.07) is 12.0. The van der Waals surface area contributed by atoms with Gasteiger partial charge >= 0.3 is 0 Å². The average molecular weight is 352 g/mol. The summed E-state index contributed by atoms with van der Waals surface area (Å²) < 4.78 is 5.15. The maximum absolute atomic E-state index is 12.2. The molecule has 0 aliphatic carbocycles. The molecule has 1 aromatic carbocycles. The Morgan fingerprint density at radius 2 is 1.96 bits per heavy atom. The second-order valence-corrected chi connectivity index (χ2v) is 6.06. The van der Waals surface area contributed by atoms with E-state index in [1.54, 1.807) is 41.3 Å². The summed E-state index contributed by atoms with van der Waals surface area (Å²) in [6.07, 6.45) is 1.50. The van der Waals surface area contributed by atoms with E-state index in [0.717, 1.165) is 13.1 Å². The molecule has 3 rings (SSSR count). The van der Waals surface area contributed by atoms with Crippen LogP contribution in [0.1, 0.15) is 26.5 Å². The molecule has 0 bridgehead atoms. The number of furan rings is 1. The lowest BCUT2D eigenvalue weighted by Gasteiger charge is -2.34. The molecule has 0 saturated carbocycles. The summed E-state index contributed by atoms with van der Waals surface area (Å²) in [5.74, 6) is 0.0966. The van der Waals surface area contributed by atoms with E-state index in [1.165, 1.54) is 6.26 Å². The molecule has 1 aromatic heterocycles. The van der Waals surface area contributed by atoms with Gasteiger partial charge in [0.25, 0.3) is 11.8 Å². The fraction of sp³-hybridized carbons (Fsp3) is 0.316. The second kappa shape index (κ2) is 8.32. The summed E-state index contributed by atoms with van der Waals surface area (Å²) in [7, 11) is 0. The van der Waals surface area contributed by atoms with Crippen LogP contribution in [0.15, 0.2) is 47.1 Å². The first-order valence-corrected chi connectivity index (χ1v) is 8.51. The number of carbonyl (C=O) groups excluding carboxylic acids is 2. The lowest BCUT2D eigenvalue weighted by Crippen LogP contribution is -2.50. The molecule has 134 valence electrons. The largest absolute Gasteiger partial charge is 0.459 e. The van der Waals surface area contributed by atoms with E-state index >= 15 is 0 Å². The fourth-order valence-corrected chi connectivity index (χ4v) is 2.89. The molecule has 7 nitrogen and oxygen atoms in total. The Kier molecular flexibility index (Phi) is 5.66. The molecule has 1 aliphatic rings.